The Morgan fingerprint density at radius 1 is 1.42 bits per heavy atom. The van der Waals surface area contributed by atoms with E-state index >= 15 is 0 Å². The van der Waals surface area contributed by atoms with Crippen molar-refractivity contribution in [3.05, 3.63) is 52.1 Å². The number of hydrogen-bond acceptors (Lipinski definition) is 2. The van der Waals surface area contributed by atoms with E-state index in [1.165, 1.54) is 18.2 Å². The fraction of sp³-hybridized carbons (Fsp3) is 0.250. The Balaban J connectivity index is 1.86. The molecule has 0 spiro atoms. The molecule has 3 rings (SSSR count). The lowest BCUT2D eigenvalue weighted by molar-refractivity contribution is 0.101. The molecular weight excluding hydrogens is 337 g/mol. The number of halogens is 2. The third kappa shape index (κ3) is 2.94. The first-order chi connectivity index (χ1) is 11.4. The van der Waals surface area contributed by atoms with Crippen molar-refractivity contribution in [1.82, 2.24) is 9.88 Å². The van der Waals surface area contributed by atoms with E-state index in [2.05, 4.69) is 10.6 Å². The number of rotatable bonds is 3. The van der Waals surface area contributed by atoms with Crippen LogP contribution < -0.4 is 10.6 Å². The summed E-state index contributed by atoms with van der Waals surface area (Å²) in [5, 5.41) is 14.0. The third-order valence-electron chi connectivity index (χ3n) is 4.07. The van der Waals surface area contributed by atoms with Gasteiger partial charge in [0.1, 0.15) is 11.5 Å². The molecule has 0 radical (unpaired) electrons. The van der Waals surface area contributed by atoms with Crippen LogP contribution in [0.2, 0.25) is 5.02 Å². The van der Waals surface area contributed by atoms with E-state index in [0.29, 0.717) is 24.2 Å². The number of carbonyl (C=O) groups is 2. The van der Waals surface area contributed by atoms with Gasteiger partial charge >= 0.3 is 6.09 Å². The van der Waals surface area contributed by atoms with E-state index in [-0.39, 0.29) is 17.0 Å². The Bertz CT molecular complexity index is 834. The standard InChI is InChI=1S/C16H15ClFN3O3/c1-21-7-10-9(3-5-13(10)20-16(23)24)14(21)15(22)19-8-2-4-12(18)11(17)6-8/h2,4,6-7,13,20H,3,5H2,1H3,(H,19,22)(H,23,24). The van der Waals surface area contributed by atoms with Crippen LogP contribution in [0, 0.1) is 5.82 Å². The van der Waals surface area contributed by atoms with Gasteiger partial charge in [-0.3, -0.25) is 4.79 Å². The maximum absolute atomic E-state index is 13.2. The molecule has 24 heavy (non-hydrogen) atoms. The molecule has 0 saturated carbocycles. The summed E-state index contributed by atoms with van der Waals surface area (Å²) < 4.78 is 14.9. The lowest BCUT2D eigenvalue weighted by Crippen LogP contribution is -2.24. The summed E-state index contributed by atoms with van der Waals surface area (Å²) in [6.45, 7) is 0. The Morgan fingerprint density at radius 2 is 2.17 bits per heavy atom. The molecule has 2 amide bonds. The summed E-state index contributed by atoms with van der Waals surface area (Å²) in [7, 11) is 1.72. The molecule has 1 heterocycles. The van der Waals surface area contributed by atoms with Gasteiger partial charge in [0.15, 0.2) is 0 Å². The van der Waals surface area contributed by atoms with Gasteiger partial charge in [0.25, 0.3) is 5.91 Å². The van der Waals surface area contributed by atoms with Crippen LogP contribution >= 0.6 is 11.6 Å². The number of hydrogen-bond donors (Lipinski definition) is 3. The Labute approximate surface area is 142 Å². The van der Waals surface area contributed by atoms with Crippen molar-refractivity contribution in [2.24, 2.45) is 7.05 Å². The van der Waals surface area contributed by atoms with Crippen molar-refractivity contribution < 1.29 is 19.1 Å². The first kappa shape index (κ1) is 16.3. The molecule has 126 valence electrons. The van der Waals surface area contributed by atoms with E-state index in [1.54, 1.807) is 17.8 Å². The lowest BCUT2D eigenvalue weighted by atomic mass is 10.1. The molecule has 1 aliphatic rings. The van der Waals surface area contributed by atoms with Crippen LogP contribution in [0.25, 0.3) is 0 Å². The van der Waals surface area contributed by atoms with E-state index in [4.69, 9.17) is 16.7 Å². The second-order valence-corrected chi connectivity index (χ2v) is 6.05. The minimum Gasteiger partial charge on any atom is -0.465 e. The Hall–Kier alpha value is -2.54. The molecule has 1 unspecified atom stereocenters. The fourth-order valence-corrected chi connectivity index (χ4v) is 3.25. The second kappa shape index (κ2) is 6.16. The highest BCUT2D eigenvalue weighted by atomic mass is 35.5. The number of nitrogens with zero attached hydrogens (tertiary/aromatic N) is 1. The van der Waals surface area contributed by atoms with Gasteiger partial charge in [-0.1, -0.05) is 11.6 Å². The SMILES string of the molecule is Cn1cc2c(c1C(=O)Nc1ccc(F)c(Cl)c1)CCC2NC(=O)O. The number of carbonyl (C=O) groups excluding carboxylic acids is 1. The monoisotopic (exact) mass is 351 g/mol. The van der Waals surface area contributed by atoms with E-state index in [0.717, 1.165) is 11.1 Å². The molecule has 6 nitrogen and oxygen atoms in total. The molecule has 3 N–H and O–H groups in total. The van der Waals surface area contributed by atoms with Gasteiger partial charge in [-0.15, -0.1) is 0 Å². The van der Waals surface area contributed by atoms with Crippen molar-refractivity contribution in [3.63, 3.8) is 0 Å². The number of anilines is 1. The van der Waals surface area contributed by atoms with Gasteiger partial charge in [0.05, 0.1) is 11.1 Å². The summed E-state index contributed by atoms with van der Waals surface area (Å²) in [5.41, 5.74) is 2.48. The molecule has 1 aromatic carbocycles. The highest BCUT2D eigenvalue weighted by Gasteiger charge is 2.31. The summed E-state index contributed by atoms with van der Waals surface area (Å²) in [4.78, 5) is 23.4. The fourth-order valence-electron chi connectivity index (χ4n) is 3.07. The smallest absolute Gasteiger partial charge is 0.405 e. The maximum Gasteiger partial charge on any atom is 0.405 e. The van der Waals surface area contributed by atoms with Crippen LogP contribution in [0.5, 0.6) is 0 Å². The summed E-state index contributed by atoms with van der Waals surface area (Å²) in [5.74, 6) is -0.908. The molecule has 1 atom stereocenters. The van der Waals surface area contributed by atoms with E-state index in [1.807, 2.05) is 0 Å². The van der Waals surface area contributed by atoms with Gasteiger partial charge in [0, 0.05) is 18.9 Å². The lowest BCUT2D eigenvalue weighted by Gasteiger charge is -2.09. The highest BCUT2D eigenvalue weighted by Crippen LogP contribution is 2.35. The molecule has 0 bridgehead atoms. The predicted octanol–water partition coefficient (Wildman–Crippen LogP) is 3.32. The average Bonchev–Trinajstić information content (AvgIpc) is 3.01. The van der Waals surface area contributed by atoms with Crippen molar-refractivity contribution in [1.29, 1.82) is 0 Å². The van der Waals surface area contributed by atoms with Gasteiger partial charge in [-0.05, 0) is 42.2 Å². The predicted molar refractivity (Wildman–Crippen MR) is 87.0 cm³/mol. The highest BCUT2D eigenvalue weighted by molar-refractivity contribution is 6.31. The Kier molecular flexibility index (Phi) is 4.19. The van der Waals surface area contributed by atoms with Crippen molar-refractivity contribution >= 4 is 29.3 Å². The van der Waals surface area contributed by atoms with Crippen LogP contribution in [0.1, 0.15) is 34.1 Å². The van der Waals surface area contributed by atoms with Gasteiger partial charge in [0.2, 0.25) is 0 Å². The first-order valence-corrected chi connectivity index (χ1v) is 7.68. The molecule has 1 aliphatic carbocycles. The number of aryl methyl sites for hydroxylation is 1. The summed E-state index contributed by atoms with van der Waals surface area (Å²) in [6.07, 6.45) is 1.88. The number of aromatic nitrogens is 1. The van der Waals surface area contributed by atoms with Gasteiger partial charge in [-0.25, -0.2) is 9.18 Å². The van der Waals surface area contributed by atoms with Crippen LogP contribution in [0.4, 0.5) is 14.9 Å². The minimum absolute atomic E-state index is 0.0735. The number of benzene rings is 1. The summed E-state index contributed by atoms with van der Waals surface area (Å²) >= 11 is 5.72. The number of fused-ring (bicyclic) bond motifs is 1. The van der Waals surface area contributed by atoms with Crippen molar-refractivity contribution in [3.8, 4) is 0 Å². The zero-order chi connectivity index (χ0) is 17.4. The van der Waals surface area contributed by atoms with Crippen LogP contribution in [-0.4, -0.2) is 21.7 Å². The molecule has 0 fully saturated rings. The third-order valence-corrected chi connectivity index (χ3v) is 4.36. The van der Waals surface area contributed by atoms with Crippen molar-refractivity contribution in [2.45, 2.75) is 18.9 Å². The molecular formula is C16H15ClFN3O3. The van der Waals surface area contributed by atoms with Gasteiger partial charge < -0.3 is 20.3 Å². The molecule has 8 heteroatoms. The van der Waals surface area contributed by atoms with E-state index < -0.39 is 11.9 Å². The zero-order valence-electron chi connectivity index (χ0n) is 12.8. The van der Waals surface area contributed by atoms with Crippen LogP contribution in [-0.2, 0) is 13.5 Å². The topological polar surface area (TPSA) is 83.4 Å². The average molecular weight is 352 g/mol. The molecule has 0 saturated heterocycles. The van der Waals surface area contributed by atoms with Gasteiger partial charge in [-0.2, -0.15) is 0 Å². The molecule has 2 aromatic rings. The van der Waals surface area contributed by atoms with Crippen LogP contribution in [0.3, 0.4) is 0 Å². The Morgan fingerprint density at radius 3 is 2.83 bits per heavy atom. The molecule has 0 aliphatic heterocycles. The summed E-state index contributed by atoms with van der Waals surface area (Å²) in [6, 6.07) is 3.63. The number of nitrogens with one attached hydrogen (secondary N) is 2. The molecule has 1 aromatic heterocycles. The first-order valence-electron chi connectivity index (χ1n) is 7.30. The van der Waals surface area contributed by atoms with Crippen LogP contribution in [0.15, 0.2) is 24.4 Å². The quantitative estimate of drug-likeness (QED) is 0.793. The van der Waals surface area contributed by atoms with Crippen molar-refractivity contribution in [2.75, 3.05) is 5.32 Å². The zero-order valence-corrected chi connectivity index (χ0v) is 13.5. The van der Waals surface area contributed by atoms with E-state index in [9.17, 15) is 14.0 Å². The second-order valence-electron chi connectivity index (χ2n) is 5.65. The number of amides is 2. The normalized spacial score (nSPS) is 15.9. The minimum atomic E-state index is -1.09. The number of carboxylic acid groups (broad SMARTS) is 1. The maximum atomic E-state index is 13.2. The largest absolute Gasteiger partial charge is 0.465 e.